The van der Waals surface area contributed by atoms with Gasteiger partial charge >= 0.3 is 0 Å². The number of rotatable bonds is 5. The van der Waals surface area contributed by atoms with Crippen LogP contribution in [-0.4, -0.2) is 44.7 Å². The van der Waals surface area contributed by atoms with Crippen LogP contribution in [0.5, 0.6) is 0 Å². The number of nitrogens with one attached hydrogen (secondary N) is 1. The van der Waals surface area contributed by atoms with Crippen molar-refractivity contribution >= 4 is 35.6 Å². The maximum Gasteiger partial charge on any atom is 0.193 e. The van der Waals surface area contributed by atoms with Crippen LogP contribution in [0.15, 0.2) is 29.3 Å². The molecule has 1 aliphatic heterocycles. The molecule has 6 heteroatoms. The predicted octanol–water partition coefficient (Wildman–Crippen LogP) is 2.52. The number of benzene rings is 1. The first-order valence-electron chi connectivity index (χ1n) is 7.51. The molecule has 1 aliphatic rings. The number of piperidine rings is 1. The van der Waals surface area contributed by atoms with Gasteiger partial charge in [0.05, 0.1) is 6.61 Å². The van der Waals surface area contributed by atoms with Gasteiger partial charge in [0.25, 0.3) is 0 Å². The fourth-order valence-electron chi connectivity index (χ4n) is 2.57. The molecule has 0 aliphatic carbocycles. The number of hydrogen-bond acceptors (Lipinski definition) is 3. The van der Waals surface area contributed by atoms with Crippen molar-refractivity contribution in [2.24, 2.45) is 16.6 Å². The number of guanidine groups is 1. The second-order valence-electron chi connectivity index (χ2n) is 5.69. The van der Waals surface area contributed by atoms with Gasteiger partial charge in [0.15, 0.2) is 5.96 Å². The van der Waals surface area contributed by atoms with Crippen LogP contribution >= 0.6 is 24.0 Å². The quantitative estimate of drug-likeness (QED) is 0.438. The molecule has 1 aromatic rings. The van der Waals surface area contributed by atoms with Crippen LogP contribution in [0.3, 0.4) is 0 Å². The van der Waals surface area contributed by atoms with E-state index in [-0.39, 0.29) is 24.0 Å². The third-order valence-electron chi connectivity index (χ3n) is 3.94. The lowest BCUT2D eigenvalue weighted by Gasteiger charge is -2.27. The Labute approximate surface area is 150 Å². The topological polar surface area (TPSA) is 62.9 Å². The Bertz CT molecular complexity index is 473. The zero-order valence-corrected chi connectivity index (χ0v) is 15.7. The van der Waals surface area contributed by atoms with Crippen molar-refractivity contribution in [3.8, 4) is 0 Å². The molecule has 0 bridgehead atoms. The van der Waals surface area contributed by atoms with Crippen molar-refractivity contribution in [1.29, 1.82) is 0 Å². The Kier molecular flexibility index (Phi) is 8.74. The Morgan fingerprint density at radius 2 is 2.05 bits per heavy atom. The standard InChI is InChI=1S/C16H26N4O.HI/c1-20-9-7-13(8-10-20)11-18-16(17)19-15-6-4-3-5-14(15)12-21-2;/h3-6,13H,7-12H2,1-2H3,(H3,17,18,19);1H. The van der Waals surface area contributed by atoms with Crippen molar-refractivity contribution in [2.45, 2.75) is 19.4 Å². The van der Waals surface area contributed by atoms with Crippen LogP contribution in [0.4, 0.5) is 5.69 Å². The largest absolute Gasteiger partial charge is 0.380 e. The van der Waals surface area contributed by atoms with E-state index in [1.54, 1.807) is 7.11 Å². The maximum absolute atomic E-state index is 6.00. The summed E-state index contributed by atoms with van der Waals surface area (Å²) in [6.07, 6.45) is 2.40. The molecule has 0 saturated carbocycles. The number of nitrogens with zero attached hydrogens (tertiary/aromatic N) is 2. The van der Waals surface area contributed by atoms with Gasteiger partial charge in [-0.25, -0.2) is 0 Å². The third-order valence-corrected chi connectivity index (χ3v) is 3.94. The molecular weight excluding hydrogens is 391 g/mol. The molecule has 0 aromatic heterocycles. The van der Waals surface area contributed by atoms with Gasteiger partial charge in [-0.3, -0.25) is 4.99 Å². The minimum absolute atomic E-state index is 0. The second-order valence-corrected chi connectivity index (χ2v) is 5.69. The minimum Gasteiger partial charge on any atom is -0.380 e. The summed E-state index contributed by atoms with van der Waals surface area (Å²) in [4.78, 5) is 6.86. The number of aliphatic imine (C=N–C) groups is 1. The van der Waals surface area contributed by atoms with Crippen molar-refractivity contribution in [1.82, 2.24) is 4.90 Å². The summed E-state index contributed by atoms with van der Waals surface area (Å²) in [7, 11) is 3.86. The molecule has 1 fully saturated rings. The predicted molar refractivity (Wildman–Crippen MR) is 103 cm³/mol. The van der Waals surface area contributed by atoms with Crippen LogP contribution in [0.25, 0.3) is 0 Å². The van der Waals surface area contributed by atoms with Crippen LogP contribution in [0.1, 0.15) is 18.4 Å². The zero-order valence-electron chi connectivity index (χ0n) is 13.4. The van der Waals surface area contributed by atoms with Crippen molar-refractivity contribution < 1.29 is 4.74 Å². The Morgan fingerprint density at radius 1 is 1.36 bits per heavy atom. The smallest absolute Gasteiger partial charge is 0.193 e. The van der Waals surface area contributed by atoms with Gasteiger partial charge in [0, 0.05) is 24.9 Å². The van der Waals surface area contributed by atoms with Crippen LogP contribution < -0.4 is 11.1 Å². The van der Waals surface area contributed by atoms with E-state index < -0.39 is 0 Å². The van der Waals surface area contributed by atoms with E-state index in [2.05, 4.69) is 22.3 Å². The normalized spacial score (nSPS) is 17.1. The first kappa shape index (κ1) is 19.2. The van der Waals surface area contributed by atoms with Gasteiger partial charge in [0.2, 0.25) is 0 Å². The van der Waals surface area contributed by atoms with Crippen LogP contribution in [0, 0.1) is 5.92 Å². The van der Waals surface area contributed by atoms with Crippen LogP contribution in [-0.2, 0) is 11.3 Å². The molecule has 0 unspecified atom stereocenters. The summed E-state index contributed by atoms with van der Waals surface area (Å²) in [6.45, 7) is 3.68. The fourth-order valence-corrected chi connectivity index (χ4v) is 2.57. The Morgan fingerprint density at radius 3 is 2.73 bits per heavy atom. The number of nitrogens with two attached hydrogens (primary N) is 1. The summed E-state index contributed by atoms with van der Waals surface area (Å²) in [5, 5.41) is 3.18. The lowest BCUT2D eigenvalue weighted by molar-refractivity contribution is 0.185. The Balaban J connectivity index is 0.00000242. The first-order valence-corrected chi connectivity index (χ1v) is 7.51. The SMILES string of the molecule is COCc1ccccc1NC(N)=NCC1CCN(C)CC1.I. The van der Waals surface area contributed by atoms with Crippen LogP contribution in [0.2, 0.25) is 0 Å². The second kappa shape index (κ2) is 10.0. The molecule has 0 spiro atoms. The summed E-state index contributed by atoms with van der Waals surface area (Å²) in [5.74, 6) is 1.13. The Hall–Kier alpha value is -0.860. The summed E-state index contributed by atoms with van der Waals surface area (Å²) in [5.41, 5.74) is 8.05. The molecule has 1 aromatic carbocycles. The number of likely N-dealkylation sites (tertiary alicyclic amines) is 1. The van der Waals surface area contributed by atoms with Gasteiger partial charge in [-0.1, -0.05) is 18.2 Å². The monoisotopic (exact) mass is 418 g/mol. The fraction of sp³-hybridized carbons (Fsp3) is 0.562. The average molecular weight is 418 g/mol. The third kappa shape index (κ3) is 6.10. The molecule has 1 saturated heterocycles. The molecule has 1 heterocycles. The number of methoxy groups -OCH3 is 1. The molecule has 0 atom stereocenters. The minimum atomic E-state index is 0. The molecule has 22 heavy (non-hydrogen) atoms. The molecule has 2 rings (SSSR count). The maximum atomic E-state index is 6.00. The van der Waals surface area contributed by atoms with E-state index in [4.69, 9.17) is 10.5 Å². The number of hydrogen-bond donors (Lipinski definition) is 2. The highest BCUT2D eigenvalue weighted by Gasteiger charge is 2.16. The van der Waals surface area contributed by atoms with Gasteiger partial charge in [-0.05, 0) is 45.0 Å². The summed E-state index contributed by atoms with van der Waals surface area (Å²) >= 11 is 0. The first-order chi connectivity index (χ1) is 10.2. The molecule has 0 amide bonds. The van der Waals surface area contributed by atoms with Gasteiger partial charge in [0.1, 0.15) is 0 Å². The molecule has 124 valence electrons. The number of anilines is 1. The number of ether oxygens (including phenoxy) is 1. The van der Waals surface area contributed by atoms with Crippen molar-refractivity contribution in [2.75, 3.05) is 39.1 Å². The average Bonchev–Trinajstić information content (AvgIpc) is 2.49. The summed E-state index contributed by atoms with van der Waals surface area (Å²) in [6, 6.07) is 7.99. The van der Waals surface area contributed by atoms with Crippen molar-refractivity contribution in [3.05, 3.63) is 29.8 Å². The van der Waals surface area contributed by atoms with Crippen molar-refractivity contribution in [3.63, 3.8) is 0 Å². The van der Waals surface area contributed by atoms with Gasteiger partial charge in [-0.15, -0.1) is 24.0 Å². The summed E-state index contributed by atoms with van der Waals surface area (Å²) < 4.78 is 5.19. The van der Waals surface area contributed by atoms with Gasteiger partial charge in [-0.2, -0.15) is 0 Å². The van der Waals surface area contributed by atoms with E-state index >= 15 is 0 Å². The van der Waals surface area contributed by atoms with E-state index in [9.17, 15) is 0 Å². The molecule has 3 N–H and O–H groups in total. The number of para-hydroxylation sites is 1. The van der Waals surface area contributed by atoms with E-state index in [0.29, 0.717) is 18.5 Å². The number of halogens is 1. The molecular formula is C16H27IN4O. The van der Waals surface area contributed by atoms with E-state index in [1.807, 2.05) is 24.3 Å². The van der Waals surface area contributed by atoms with Gasteiger partial charge < -0.3 is 20.7 Å². The van der Waals surface area contributed by atoms with E-state index in [0.717, 1.165) is 30.9 Å². The zero-order chi connectivity index (χ0) is 15.1. The van der Waals surface area contributed by atoms with E-state index in [1.165, 1.54) is 12.8 Å². The highest BCUT2D eigenvalue weighted by atomic mass is 127. The highest BCUT2D eigenvalue weighted by Crippen LogP contribution is 2.17. The highest BCUT2D eigenvalue weighted by molar-refractivity contribution is 14.0. The molecule has 0 radical (unpaired) electrons. The lowest BCUT2D eigenvalue weighted by Crippen LogP contribution is -2.32. The molecule has 5 nitrogen and oxygen atoms in total. The lowest BCUT2D eigenvalue weighted by atomic mass is 9.97.